The second-order valence-electron chi connectivity index (χ2n) is 3.47. The smallest absolute Gasteiger partial charge is 0.323 e. The molecule has 0 saturated carbocycles. The number of nitrogens with one attached hydrogen (secondary N) is 2. The molecule has 0 heterocycles. The summed E-state index contributed by atoms with van der Waals surface area (Å²) in [6.07, 6.45) is -5.23. The second kappa shape index (κ2) is 9.57. The molecule has 0 atom stereocenters. The van der Waals surface area contributed by atoms with Crippen molar-refractivity contribution in [1.82, 2.24) is 19.6 Å². The first-order chi connectivity index (χ1) is 10.5. The lowest BCUT2D eigenvalue weighted by Crippen LogP contribution is -2.39. The summed E-state index contributed by atoms with van der Waals surface area (Å²) >= 11 is 5.67. The molecule has 0 unspecified atom stereocenters. The summed E-state index contributed by atoms with van der Waals surface area (Å²) in [6.45, 7) is 3.51. The summed E-state index contributed by atoms with van der Waals surface area (Å²) in [7, 11) is 2.41. The molecule has 0 saturated heterocycles. The minimum absolute atomic E-state index is 0.370. The number of thioether (sulfide) groups is 1. The van der Waals surface area contributed by atoms with E-state index in [-0.39, 0.29) is 0 Å². The van der Waals surface area contributed by atoms with Gasteiger partial charge in [0.25, 0.3) is 0 Å². The van der Waals surface area contributed by atoms with E-state index in [4.69, 9.17) is 0 Å². The third kappa shape index (κ3) is 8.61. The fourth-order valence-corrected chi connectivity index (χ4v) is 1.41. The lowest BCUT2D eigenvalue weighted by atomic mass is 10.7. The molecule has 2 N–H and O–H groups in total. The average Bonchev–Trinajstić information content (AvgIpc) is 2.47. The highest BCUT2D eigenvalue weighted by molar-refractivity contribution is 8.02. The van der Waals surface area contributed by atoms with Crippen LogP contribution in [0.1, 0.15) is 0 Å². The molecule has 14 heteroatoms. The van der Waals surface area contributed by atoms with E-state index in [0.717, 1.165) is 15.7 Å². The van der Waals surface area contributed by atoms with E-state index in [0.29, 0.717) is 17.2 Å². The quantitative estimate of drug-likeness (QED) is 0.415. The number of hydroxylamine groups is 2. The number of halogens is 3. The Morgan fingerprint density at radius 1 is 1.13 bits per heavy atom. The molecule has 8 nitrogen and oxygen atoms in total. The minimum atomic E-state index is -4.83. The number of thiocarbonyl (C=S) groups is 1. The maximum Gasteiger partial charge on any atom is 0.445 e. The van der Waals surface area contributed by atoms with Gasteiger partial charge in [-0.15, -0.1) is 11.8 Å². The van der Waals surface area contributed by atoms with Gasteiger partial charge in [0.2, 0.25) is 4.99 Å². The van der Waals surface area contributed by atoms with Gasteiger partial charge in [0.1, 0.15) is 0 Å². The molecular weight excluding hydrogens is 381 g/mol. The molecule has 132 valence electrons. The summed E-state index contributed by atoms with van der Waals surface area (Å²) in [4.78, 5) is 30.1. The van der Waals surface area contributed by atoms with Crippen molar-refractivity contribution in [2.24, 2.45) is 0 Å². The van der Waals surface area contributed by atoms with Crippen molar-refractivity contribution >= 4 is 53.3 Å². The molecule has 0 spiro atoms. The fraction of sp³-hybridized carbons (Fsp3) is 0.444. The van der Waals surface area contributed by atoms with Crippen LogP contribution >= 0.6 is 36.1 Å². The van der Waals surface area contributed by atoms with Gasteiger partial charge in [0.15, 0.2) is 0 Å². The molecule has 0 bridgehead atoms. The van der Waals surface area contributed by atoms with Crippen LogP contribution in [0.15, 0.2) is 11.6 Å². The number of hydrogen-bond donors (Lipinski definition) is 2. The molecule has 0 rings (SSSR count). The van der Waals surface area contributed by atoms with Crippen molar-refractivity contribution in [2.75, 3.05) is 20.4 Å². The molecule has 23 heavy (non-hydrogen) atoms. The molecule has 0 aliphatic heterocycles. The molecular formula is C9H13F3N4O4S3. The van der Waals surface area contributed by atoms with Gasteiger partial charge in [0, 0.05) is 14.1 Å². The Kier molecular flexibility index (Phi) is 8.93. The number of amides is 2. The van der Waals surface area contributed by atoms with Gasteiger partial charge >= 0.3 is 18.4 Å². The second-order valence-corrected chi connectivity index (χ2v) is 6.04. The zero-order chi connectivity index (χ0) is 18.2. The van der Waals surface area contributed by atoms with Crippen LogP contribution in [0.5, 0.6) is 0 Å². The Morgan fingerprint density at radius 3 is 1.96 bits per heavy atom. The van der Waals surface area contributed by atoms with Crippen LogP contribution in [0.2, 0.25) is 0 Å². The Balaban J connectivity index is 4.27. The molecule has 0 aromatic heterocycles. The summed E-state index contributed by atoms with van der Waals surface area (Å²) in [5, 5.41) is 0.370. The first-order valence-electron chi connectivity index (χ1n) is 5.42. The number of nitrogens with zero attached hydrogens (tertiary/aromatic N) is 2. The fourth-order valence-electron chi connectivity index (χ4n) is 0.669. The van der Waals surface area contributed by atoms with E-state index in [2.05, 4.69) is 34.0 Å². The summed E-state index contributed by atoms with van der Waals surface area (Å²) in [5.41, 5.74) is 3.54. The summed E-state index contributed by atoms with van der Waals surface area (Å²) < 4.78 is 37.9. The van der Waals surface area contributed by atoms with E-state index in [1.54, 1.807) is 6.26 Å². The van der Waals surface area contributed by atoms with Crippen LogP contribution in [0.3, 0.4) is 0 Å². The maximum atomic E-state index is 12.1. The van der Waals surface area contributed by atoms with Crippen molar-refractivity contribution in [3.8, 4) is 0 Å². The monoisotopic (exact) mass is 394 g/mol. The van der Waals surface area contributed by atoms with E-state index in [1.807, 2.05) is 0 Å². The predicted octanol–water partition coefficient (Wildman–Crippen LogP) is 2.42. The molecule has 0 aliphatic carbocycles. The van der Waals surface area contributed by atoms with Crippen LogP contribution in [-0.2, 0) is 9.68 Å². The molecule has 0 aliphatic rings. The van der Waals surface area contributed by atoms with Gasteiger partial charge in [-0.3, -0.25) is 0 Å². The van der Waals surface area contributed by atoms with E-state index < -0.39 is 23.4 Å². The highest BCUT2D eigenvalue weighted by atomic mass is 32.2. The topological polar surface area (TPSA) is 83.1 Å². The first kappa shape index (κ1) is 21.5. The molecule has 0 radical (unpaired) electrons. The van der Waals surface area contributed by atoms with Crippen LogP contribution < -0.4 is 11.0 Å². The van der Waals surface area contributed by atoms with Crippen molar-refractivity contribution in [3.63, 3.8) is 0 Å². The van der Waals surface area contributed by atoms with Crippen LogP contribution in [0.25, 0.3) is 0 Å². The van der Waals surface area contributed by atoms with E-state index in [9.17, 15) is 22.8 Å². The van der Waals surface area contributed by atoms with Crippen molar-refractivity contribution in [3.05, 3.63) is 11.6 Å². The highest BCUT2D eigenvalue weighted by Gasteiger charge is 2.35. The Hall–Kier alpha value is -1.54. The number of alkyl halides is 3. The number of carbonyl (C=O) groups excluding carboxylic acids is 2. The Bertz CT molecular complexity index is 477. The van der Waals surface area contributed by atoms with Crippen molar-refractivity contribution in [1.29, 1.82) is 0 Å². The zero-order valence-corrected chi connectivity index (χ0v) is 14.5. The Morgan fingerprint density at radius 2 is 1.57 bits per heavy atom. The first-order valence-corrected chi connectivity index (χ1v) is 7.78. The predicted molar refractivity (Wildman–Crippen MR) is 83.7 cm³/mol. The third-order valence-corrected chi connectivity index (χ3v) is 3.43. The van der Waals surface area contributed by atoms with Gasteiger partial charge in [-0.25, -0.2) is 29.2 Å². The van der Waals surface area contributed by atoms with Gasteiger partial charge in [-0.05, 0) is 6.26 Å². The van der Waals surface area contributed by atoms with Crippen molar-refractivity contribution in [2.45, 2.75) is 6.18 Å². The molecule has 0 aromatic rings. The van der Waals surface area contributed by atoms with Crippen LogP contribution in [0, 0.1) is 0 Å². The van der Waals surface area contributed by atoms with Crippen LogP contribution in [-0.4, -0.2) is 52.3 Å². The standard InChI is InChI=1S/C9H13F3N4O4S3/c1-5(22-4)13-19-7(17)15(2)23-16(3)8(18)20-14-6(21)9(10,11)12/h13H,1H2,2-4H3,(H,14,21). The lowest BCUT2D eigenvalue weighted by molar-refractivity contribution is -0.0656. The highest BCUT2D eigenvalue weighted by Crippen LogP contribution is 2.17. The minimum Gasteiger partial charge on any atom is -0.323 e. The maximum absolute atomic E-state index is 12.1. The number of hydrogen-bond acceptors (Lipinski definition) is 8. The van der Waals surface area contributed by atoms with Gasteiger partial charge in [-0.2, -0.15) is 13.2 Å². The zero-order valence-electron chi connectivity index (χ0n) is 12.1. The molecule has 2 amide bonds. The summed E-state index contributed by atoms with van der Waals surface area (Å²) in [5.74, 6) is 0. The van der Waals surface area contributed by atoms with Crippen molar-refractivity contribution < 1.29 is 32.4 Å². The average molecular weight is 394 g/mol. The van der Waals surface area contributed by atoms with Gasteiger partial charge < -0.3 is 9.68 Å². The summed E-state index contributed by atoms with van der Waals surface area (Å²) in [6, 6.07) is 0. The largest absolute Gasteiger partial charge is 0.445 e. The van der Waals surface area contributed by atoms with Crippen LogP contribution in [0.4, 0.5) is 22.8 Å². The SMILES string of the molecule is C=C(NOC(=O)N(C)SN(C)C(=O)ONC(=S)C(F)(F)F)SC. The van der Waals surface area contributed by atoms with E-state index in [1.165, 1.54) is 24.3 Å². The van der Waals surface area contributed by atoms with E-state index >= 15 is 0 Å². The Labute approximate surface area is 143 Å². The van der Waals surface area contributed by atoms with Gasteiger partial charge in [0.05, 0.1) is 17.2 Å². The normalized spacial score (nSPS) is 10.3. The number of rotatable bonds is 5. The van der Waals surface area contributed by atoms with Gasteiger partial charge in [-0.1, -0.05) is 18.8 Å². The molecule has 0 aromatic carbocycles. The third-order valence-electron chi connectivity index (χ3n) is 1.75. The lowest BCUT2D eigenvalue weighted by Gasteiger charge is -2.21. The number of carbonyl (C=O) groups is 2. The molecule has 0 fully saturated rings.